The summed E-state index contributed by atoms with van der Waals surface area (Å²) >= 11 is 0. The van der Waals surface area contributed by atoms with E-state index < -0.39 is 10.0 Å². The summed E-state index contributed by atoms with van der Waals surface area (Å²) in [7, 11) is -1.71. The summed E-state index contributed by atoms with van der Waals surface area (Å²) in [5, 5.41) is 2.91. The molecule has 4 nitrogen and oxygen atoms in total. The van der Waals surface area contributed by atoms with Crippen molar-refractivity contribution >= 4 is 15.7 Å². The van der Waals surface area contributed by atoms with Crippen LogP contribution >= 0.6 is 0 Å². The second-order valence-corrected chi connectivity index (χ2v) is 6.53. The first kappa shape index (κ1) is 13.4. The Balaban J connectivity index is 2.19. The molecule has 0 aliphatic heterocycles. The van der Waals surface area contributed by atoms with Gasteiger partial charge in [0.2, 0.25) is 10.0 Å². The Kier molecular flexibility index (Phi) is 3.92. The molecule has 0 aromatic heterocycles. The summed E-state index contributed by atoms with van der Waals surface area (Å²) in [6.45, 7) is 1.95. The molecule has 5 heteroatoms. The van der Waals surface area contributed by atoms with Crippen molar-refractivity contribution in [2.75, 3.05) is 12.4 Å². The van der Waals surface area contributed by atoms with Gasteiger partial charge in [0.15, 0.2) is 0 Å². The van der Waals surface area contributed by atoms with Crippen LogP contribution in [0.1, 0.15) is 26.2 Å². The van der Waals surface area contributed by atoms with Crippen molar-refractivity contribution in [3.05, 3.63) is 24.3 Å². The Morgan fingerprint density at radius 1 is 1.28 bits per heavy atom. The molecule has 1 aromatic carbocycles. The summed E-state index contributed by atoms with van der Waals surface area (Å²) < 4.78 is 27.4. The predicted octanol–water partition coefficient (Wildman–Crippen LogP) is 2.20. The predicted molar refractivity (Wildman–Crippen MR) is 73.1 cm³/mol. The average Bonchev–Trinajstić information content (AvgIpc) is 2.25. The molecule has 1 fully saturated rings. The maximum atomic E-state index is 12.3. The first-order valence-electron chi connectivity index (χ1n) is 6.33. The number of rotatable bonds is 5. The van der Waals surface area contributed by atoms with Gasteiger partial charge >= 0.3 is 0 Å². The SMILES string of the molecule is CNc1ccccc1S(=O)(=O)NC(C)C1CCC1. The molecule has 1 atom stereocenters. The lowest BCUT2D eigenvalue weighted by molar-refractivity contribution is 0.260. The van der Waals surface area contributed by atoms with Crippen LogP contribution in [0, 0.1) is 5.92 Å². The van der Waals surface area contributed by atoms with Crippen molar-refractivity contribution in [2.45, 2.75) is 37.1 Å². The highest BCUT2D eigenvalue weighted by Gasteiger charge is 2.28. The zero-order valence-corrected chi connectivity index (χ0v) is 11.6. The first-order valence-corrected chi connectivity index (χ1v) is 7.82. The molecule has 100 valence electrons. The highest BCUT2D eigenvalue weighted by molar-refractivity contribution is 7.89. The van der Waals surface area contributed by atoms with Crippen LogP contribution in [-0.4, -0.2) is 21.5 Å². The van der Waals surface area contributed by atoms with E-state index in [1.165, 1.54) is 6.42 Å². The summed E-state index contributed by atoms with van der Waals surface area (Å²) in [5.74, 6) is 0.488. The molecule has 1 aliphatic carbocycles. The highest BCUT2D eigenvalue weighted by Crippen LogP contribution is 2.30. The summed E-state index contributed by atoms with van der Waals surface area (Å²) in [6.07, 6.45) is 3.46. The minimum atomic E-state index is -3.44. The fourth-order valence-electron chi connectivity index (χ4n) is 2.25. The molecule has 18 heavy (non-hydrogen) atoms. The molecule has 1 aliphatic rings. The second-order valence-electron chi connectivity index (χ2n) is 4.85. The zero-order chi connectivity index (χ0) is 13.2. The fourth-order valence-corrected chi connectivity index (χ4v) is 3.78. The van der Waals surface area contributed by atoms with Gasteiger partial charge < -0.3 is 5.32 Å². The smallest absolute Gasteiger partial charge is 0.242 e. The van der Waals surface area contributed by atoms with E-state index >= 15 is 0 Å². The van der Waals surface area contributed by atoms with Crippen LogP contribution in [0.25, 0.3) is 0 Å². The highest BCUT2D eigenvalue weighted by atomic mass is 32.2. The van der Waals surface area contributed by atoms with E-state index in [0.717, 1.165) is 12.8 Å². The lowest BCUT2D eigenvalue weighted by Gasteiger charge is -2.31. The Hall–Kier alpha value is -1.07. The van der Waals surface area contributed by atoms with Gasteiger partial charge in [-0.25, -0.2) is 13.1 Å². The number of hydrogen-bond acceptors (Lipinski definition) is 3. The molecule has 0 saturated heterocycles. The summed E-state index contributed by atoms with van der Waals surface area (Å²) in [6, 6.07) is 6.96. The van der Waals surface area contributed by atoms with Crippen LogP contribution in [0.4, 0.5) is 5.69 Å². The van der Waals surface area contributed by atoms with Gasteiger partial charge in [0.05, 0.1) is 5.69 Å². The number of para-hydroxylation sites is 1. The Morgan fingerprint density at radius 2 is 1.94 bits per heavy atom. The average molecular weight is 268 g/mol. The van der Waals surface area contributed by atoms with Crippen LogP contribution in [-0.2, 0) is 10.0 Å². The van der Waals surface area contributed by atoms with Crippen LogP contribution < -0.4 is 10.0 Å². The van der Waals surface area contributed by atoms with E-state index in [2.05, 4.69) is 10.0 Å². The number of sulfonamides is 1. The molecular weight excluding hydrogens is 248 g/mol. The van der Waals surface area contributed by atoms with Crippen molar-refractivity contribution in [3.63, 3.8) is 0 Å². The van der Waals surface area contributed by atoms with Gasteiger partial charge in [0.1, 0.15) is 4.90 Å². The molecule has 0 amide bonds. The van der Waals surface area contributed by atoms with Crippen molar-refractivity contribution in [2.24, 2.45) is 5.92 Å². The molecule has 0 bridgehead atoms. The van der Waals surface area contributed by atoms with Gasteiger partial charge in [-0.15, -0.1) is 0 Å². The van der Waals surface area contributed by atoms with E-state index in [1.54, 1.807) is 25.2 Å². The van der Waals surface area contributed by atoms with Crippen molar-refractivity contribution in [1.29, 1.82) is 0 Å². The molecular formula is C13H20N2O2S. The summed E-state index contributed by atoms with van der Waals surface area (Å²) in [4.78, 5) is 0.318. The lowest BCUT2D eigenvalue weighted by atomic mass is 9.81. The standard InChI is InChI=1S/C13H20N2O2S/c1-10(11-6-5-7-11)15-18(16,17)13-9-4-3-8-12(13)14-2/h3-4,8-11,14-15H,5-7H2,1-2H3. The zero-order valence-electron chi connectivity index (χ0n) is 10.8. The van der Waals surface area contributed by atoms with Crippen LogP contribution in [0.3, 0.4) is 0 Å². The van der Waals surface area contributed by atoms with Gasteiger partial charge in [0, 0.05) is 13.1 Å². The maximum absolute atomic E-state index is 12.3. The van der Waals surface area contributed by atoms with Gasteiger partial charge in [-0.3, -0.25) is 0 Å². The largest absolute Gasteiger partial charge is 0.387 e. The van der Waals surface area contributed by atoms with E-state index in [-0.39, 0.29) is 6.04 Å². The summed E-state index contributed by atoms with van der Waals surface area (Å²) in [5.41, 5.74) is 0.630. The molecule has 0 spiro atoms. The van der Waals surface area contributed by atoms with Crippen molar-refractivity contribution in [1.82, 2.24) is 4.72 Å². The number of hydrogen-bond donors (Lipinski definition) is 2. The molecule has 1 aromatic rings. The van der Waals surface area contributed by atoms with Gasteiger partial charge in [-0.2, -0.15) is 0 Å². The van der Waals surface area contributed by atoms with Gasteiger partial charge in [-0.05, 0) is 37.8 Å². The number of nitrogens with one attached hydrogen (secondary N) is 2. The van der Waals surface area contributed by atoms with Crippen LogP contribution in [0.5, 0.6) is 0 Å². The number of benzene rings is 1. The normalized spacial score (nSPS) is 18.1. The van der Waals surface area contributed by atoms with Gasteiger partial charge in [-0.1, -0.05) is 18.6 Å². The minimum absolute atomic E-state index is 0.00802. The van der Waals surface area contributed by atoms with E-state index in [4.69, 9.17) is 0 Å². The van der Waals surface area contributed by atoms with E-state index in [9.17, 15) is 8.42 Å². The molecule has 0 heterocycles. The van der Waals surface area contributed by atoms with E-state index in [1.807, 2.05) is 13.0 Å². The van der Waals surface area contributed by atoms with Crippen molar-refractivity contribution < 1.29 is 8.42 Å². The lowest BCUT2D eigenvalue weighted by Crippen LogP contribution is -2.40. The topological polar surface area (TPSA) is 58.2 Å². The molecule has 0 radical (unpaired) electrons. The third-order valence-corrected chi connectivity index (χ3v) is 5.26. The monoisotopic (exact) mass is 268 g/mol. The third-order valence-electron chi connectivity index (χ3n) is 3.64. The minimum Gasteiger partial charge on any atom is -0.387 e. The van der Waals surface area contributed by atoms with E-state index in [0.29, 0.717) is 16.5 Å². The molecule has 2 rings (SSSR count). The molecule has 1 unspecified atom stereocenters. The molecule has 2 N–H and O–H groups in total. The van der Waals surface area contributed by atoms with Crippen molar-refractivity contribution in [3.8, 4) is 0 Å². The maximum Gasteiger partial charge on any atom is 0.242 e. The van der Waals surface area contributed by atoms with Crippen LogP contribution in [0.15, 0.2) is 29.2 Å². The Labute approximate surface area is 109 Å². The van der Waals surface area contributed by atoms with Gasteiger partial charge in [0.25, 0.3) is 0 Å². The number of anilines is 1. The van der Waals surface area contributed by atoms with Crippen LogP contribution in [0.2, 0.25) is 0 Å². The first-order chi connectivity index (χ1) is 8.54. The fraction of sp³-hybridized carbons (Fsp3) is 0.538. The third kappa shape index (κ3) is 2.67. The Bertz CT molecular complexity index is 509. The quantitative estimate of drug-likeness (QED) is 0.860. The Morgan fingerprint density at radius 3 is 2.50 bits per heavy atom. The molecule has 1 saturated carbocycles. The second kappa shape index (κ2) is 5.28.